The smallest absolute Gasteiger partial charge is 0.255 e. The highest BCUT2D eigenvalue weighted by molar-refractivity contribution is 5.97. The first-order valence-electron chi connectivity index (χ1n) is 7.29. The fourth-order valence-electron chi connectivity index (χ4n) is 2.07. The second-order valence-corrected chi connectivity index (χ2v) is 5.24. The normalized spacial score (nSPS) is 23.9. The summed E-state index contributed by atoms with van der Waals surface area (Å²) in [6, 6.07) is 6.25. The predicted molar refractivity (Wildman–Crippen MR) is 90.9 cm³/mol. The van der Waals surface area contributed by atoms with E-state index in [1.807, 2.05) is 19.1 Å². The lowest BCUT2D eigenvalue weighted by molar-refractivity contribution is -0.122. The van der Waals surface area contributed by atoms with Crippen molar-refractivity contribution in [2.75, 3.05) is 13.2 Å². The van der Waals surface area contributed by atoms with Crippen molar-refractivity contribution in [3.63, 3.8) is 0 Å². The Balaban J connectivity index is 0.00000264. The highest BCUT2D eigenvalue weighted by Gasteiger charge is 2.17. The minimum absolute atomic E-state index is 0. The lowest BCUT2D eigenvalue weighted by atomic mass is 10.1. The summed E-state index contributed by atoms with van der Waals surface area (Å²) < 4.78 is 5.61. The van der Waals surface area contributed by atoms with Gasteiger partial charge in [0.1, 0.15) is 12.4 Å². The number of amides is 2. The fourth-order valence-corrected chi connectivity index (χ4v) is 2.07. The molecule has 1 aliphatic rings. The van der Waals surface area contributed by atoms with E-state index in [2.05, 4.69) is 10.6 Å². The number of hydrogen-bond acceptors (Lipinski definition) is 4. The van der Waals surface area contributed by atoms with Gasteiger partial charge in [-0.2, -0.15) is 0 Å². The van der Waals surface area contributed by atoms with Crippen LogP contribution in [0.25, 0.3) is 0 Å². The molecule has 2 atom stereocenters. The number of rotatable bonds is 0. The molecular formula is C16H22ClN3O3. The summed E-state index contributed by atoms with van der Waals surface area (Å²) in [5.74, 6) is 0.0639. The molecule has 6 nitrogen and oxygen atoms in total. The molecule has 0 fully saturated rings. The van der Waals surface area contributed by atoms with Crippen LogP contribution in [0, 0.1) is 0 Å². The van der Waals surface area contributed by atoms with E-state index in [4.69, 9.17) is 10.5 Å². The Kier molecular flexibility index (Phi) is 7.57. The van der Waals surface area contributed by atoms with E-state index in [9.17, 15) is 9.59 Å². The summed E-state index contributed by atoms with van der Waals surface area (Å²) in [4.78, 5) is 24.1. The van der Waals surface area contributed by atoms with Crippen molar-refractivity contribution in [3.8, 4) is 5.75 Å². The molecule has 126 valence electrons. The zero-order valence-corrected chi connectivity index (χ0v) is 13.8. The van der Waals surface area contributed by atoms with Crippen molar-refractivity contribution in [2.45, 2.75) is 25.4 Å². The molecule has 0 saturated heterocycles. The summed E-state index contributed by atoms with van der Waals surface area (Å²) in [6.45, 7) is 2.46. The Morgan fingerprint density at radius 1 is 1.22 bits per heavy atom. The number of hydrogen-bond donors (Lipinski definition) is 3. The molecular weight excluding hydrogens is 318 g/mol. The highest BCUT2D eigenvalue weighted by atomic mass is 35.5. The SMILES string of the molecule is C[C@H]1CNC(=O)[C@@H](N)C/C=C\COc2ccccc2C(=O)N1.Cl. The van der Waals surface area contributed by atoms with Gasteiger partial charge in [-0.25, -0.2) is 0 Å². The third-order valence-corrected chi connectivity index (χ3v) is 3.32. The molecule has 0 saturated carbocycles. The topological polar surface area (TPSA) is 93.5 Å². The van der Waals surface area contributed by atoms with Crippen molar-refractivity contribution in [1.82, 2.24) is 10.6 Å². The summed E-state index contributed by atoms with van der Waals surface area (Å²) in [6.07, 6.45) is 4.04. The van der Waals surface area contributed by atoms with E-state index < -0.39 is 6.04 Å². The van der Waals surface area contributed by atoms with Gasteiger partial charge in [0, 0.05) is 12.6 Å². The lowest BCUT2D eigenvalue weighted by Gasteiger charge is -2.18. The highest BCUT2D eigenvalue weighted by Crippen LogP contribution is 2.18. The maximum absolute atomic E-state index is 12.3. The number of carbonyl (C=O) groups excluding carboxylic acids is 2. The quantitative estimate of drug-likeness (QED) is 0.615. The Hall–Kier alpha value is -2.05. The molecule has 2 rings (SSSR count). The van der Waals surface area contributed by atoms with Crippen LogP contribution in [0.15, 0.2) is 36.4 Å². The van der Waals surface area contributed by atoms with Crippen LogP contribution in [0.1, 0.15) is 23.7 Å². The summed E-state index contributed by atoms with van der Waals surface area (Å²) in [5, 5.41) is 5.57. The number of fused-ring (bicyclic) bond motifs is 1. The first-order valence-corrected chi connectivity index (χ1v) is 7.29. The van der Waals surface area contributed by atoms with E-state index in [1.54, 1.807) is 24.3 Å². The molecule has 1 aliphatic heterocycles. The predicted octanol–water partition coefficient (Wildman–Crippen LogP) is 1.01. The molecule has 0 aliphatic carbocycles. The van der Waals surface area contributed by atoms with Crippen molar-refractivity contribution >= 4 is 24.2 Å². The third-order valence-electron chi connectivity index (χ3n) is 3.32. The molecule has 7 heteroatoms. The first kappa shape index (κ1) is 19.0. The Labute approximate surface area is 141 Å². The van der Waals surface area contributed by atoms with Crippen molar-refractivity contribution in [3.05, 3.63) is 42.0 Å². The Morgan fingerprint density at radius 3 is 2.74 bits per heavy atom. The number of para-hydroxylation sites is 1. The number of nitrogens with one attached hydrogen (secondary N) is 2. The number of nitrogens with two attached hydrogens (primary N) is 1. The van der Waals surface area contributed by atoms with E-state index >= 15 is 0 Å². The van der Waals surface area contributed by atoms with Crippen molar-refractivity contribution in [2.24, 2.45) is 5.73 Å². The van der Waals surface area contributed by atoms with E-state index in [0.717, 1.165) is 0 Å². The Morgan fingerprint density at radius 2 is 1.96 bits per heavy atom. The number of benzene rings is 1. The van der Waals surface area contributed by atoms with Gasteiger partial charge in [-0.05, 0) is 25.5 Å². The van der Waals surface area contributed by atoms with Gasteiger partial charge < -0.3 is 21.1 Å². The number of carbonyl (C=O) groups is 2. The molecule has 1 aromatic carbocycles. The minimum atomic E-state index is -0.602. The molecule has 2 amide bonds. The van der Waals surface area contributed by atoms with Gasteiger partial charge >= 0.3 is 0 Å². The minimum Gasteiger partial charge on any atom is -0.489 e. The monoisotopic (exact) mass is 339 g/mol. The van der Waals surface area contributed by atoms with Crippen LogP contribution < -0.4 is 21.1 Å². The number of halogens is 1. The van der Waals surface area contributed by atoms with Crippen molar-refractivity contribution < 1.29 is 14.3 Å². The second kappa shape index (κ2) is 9.17. The van der Waals surface area contributed by atoms with E-state index in [0.29, 0.717) is 30.9 Å². The molecule has 1 aromatic rings. The maximum atomic E-state index is 12.3. The fraction of sp³-hybridized carbons (Fsp3) is 0.375. The third kappa shape index (κ3) is 5.58. The molecule has 1 heterocycles. The zero-order valence-electron chi connectivity index (χ0n) is 13.0. The maximum Gasteiger partial charge on any atom is 0.255 e. The Bertz CT molecular complexity index is 577. The first-order chi connectivity index (χ1) is 10.6. The zero-order chi connectivity index (χ0) is 15.9. The van der Waals surface area contributed by atoms with Crippen LogP contribution in [0.2, 0.25) is 0 Å². The van der Waals surface area contributed by atoms with Crippen molar-refractivity contribution in [1.29, 1.82) is 0 Å². The molecule has 0 unspecified atom stereocenters. The van der Waals surface area contributed by atoms with Gasteiger partial charge in [0.15, 0.2) is 0 Å². The van der Waals surface area contributed by atoms with Gasteiger partial charge in [0.2, 0.25) is 5.91 Å². The lowest BCUT2D eigenvalue weighted by Crippen LogP contribution is -2.46. The van der Waals surface area contributed by atoms with Crippen LogP contribution >= 0.6 is 12.4 Å². The van der Waals surface area contributed by atoms with Crippen LogP contribution in [-0.2, 0) is 4.79 Å². The van der Waals surface area contributed by atoms with Gasteiger partial charge in [0.25, 0.3) is 5.91 Å². The van der Waals surface area contributed by atoms with Gasteiger partial charge in [-0.3, -0.25) is 9.59 Å². The van der Waals surface area contributed by atoms with E-state index in [1.165, 1.54) is 0 Å². The molecule has 0 radical (unpaired) electrons. The number of ether oxygens (including phenoxy) is 1. The average molecular weight is 340 g/mol. The molecule has 0 aromatic heterocycles. The van der Waals surface area contributed by atoms with Crippen LogP contribution in [-0.4, -0.2) is 37.0 Å². The van der Waals surface area contributed by atoms with Gasteiger partial charge in [-0.15, -0.1) is 12.4 Å². The summed E-state index contributed by atoms with van der Waals surface area (Å²) in [5.41, 5.74) is 6.26. The summed E-state index contributed by atoms with van der Waals surface area (Å²) in [7, 11) is 0. The molecule has 0 bridgehead atoms. The molecule has 23 heavy (non-hydrogen) atoms. The average Bonchev–Trinajstić information content (AvgIpc) is 2.51. The van der Waals surface area contributed by atoms with Crippen LogP contribution in [0.5, 0.6) is 5.75 Å². The van der Waals surface area contributed by atoms with Gasteiger partial charge in [0.05, 0.1) is 11.6 Å². The largest absolute Gasteiger partial charge is 0.489 e. The van der Waals surface area contributed by atoms with Crippen LogP contribution in [0.4, 0.5) is 0 Å². The molecule has 0 spiro atoms. The van der Waals surface area contributed by atoms with E-state index in [-0.39, 0.29) is 30.3 Å². The van der Waals surface area contributed by atoms with Gasteiger partial charge in [-0.1, -0.05) is 24.3 Å². The second-order valence-electron chi connectivity index (χ2n) is 5.24. The molecule has 4 N–H and O–H groups in total. The summed E-state index contributed by atoms with van der Waals surface area (Å²) >= 11 is 0. The standard InChI is InChI=1S/C16H21N3O3.ClH/c1-11-10-18-16(21)13(17)7-4-5-9-22-14-8-3-2-6-12(14)15(20)19-11;/h2-6,8,11,13H,7,9-10,17H2,1H3,(H,18,21)(H,19,20);1H/b5-4-;/t11-,13-;/m0./s1. The van der Waals surface area contributed by atoms with Crippen LogP contribution in [0.3, 0.4) is 0 Å².